The van der Waals surface area contributed by atoms with Crippen LogP contribution in [0.3, 0.4) is 0 Å². The van der Waals surface area contributed by atoms with Gasteiger partial charge in [-0.1, -0.05) is 22.9 Å². The van der Waals surface area contributed by atoms with Gasteiger partial charge < -0.3 is 5.11 Å². The maximum absolute atomic E-state index is 11.7. The van der Waals surface area contributed by atoms with Crippen LogP contribution in [-0.2, 0) is 10.0 Å². The average molecular weight is 308 g/mol. The third kappa shape index (κ3) is 3.86. The zero-order valence-electron chi connectivity index (χ0n) is 8.85. The SMILES string of the molecule is CCC(O)CNS(=O)(=O)c1ccc(Br)cc1. The normalized spacial score (nSPS) is 13.7. The predicted octanol–water partition coefficient (Wildman–Crippen LogP) is 1.50. The molecule has 6 heteroatoms. The lowest BCUT2D eigenvalue weighted by Crippen LogP contribution is -2.31. The lowest BCUT2D eigenvalue weighted by molar-refractivity contribution is 0.174. The van der Waals surface area contributed by atoms with Gasteiger partial charge in [0.05, 0.1) is 11.0 Å². The number of hydrogen-bond acceptors (Lipinski definition) is 3. The van der Waals surface area contributed by atoms with Crippen LogP contribution in [0.5, 0.6) is 0 Å². The Balaban J connectivity index is 2.74. The van der Waals surface area contributed by atoms with Gasteiger partial charge in [-0.2, -0.15) is 0 Å². The van der Waals surface area contributed by atoms with Crippen molar-refractivity contribution in [2.45, 2.75) is 24.3 Å². The zero-order chi connectivity index (χ0) is 12.2. The number of hydrogen-bond donors (Lipinski definition) is 2. The smallest absolute Gasteiger partial charge is 0.240 e. The molecule has 0 bridgehead atoms. The first-order valence-electron chi connectivity index (χ1n) is 4.89. The Morgan fingerprint density at radius 1 is 1.38 bits per heavy atom. The number of nitrogens with one attached hydrogen (secondary N) is 1. The molecule has 4 nitrogen and oxygen atoms in total. The molecular weight excluding hydrogens is 294 g/mol. The summed E-state index contributed by atoms with van der Waals surface area (Å²) in [4.78, 5) is 0.194. The van der Waals surface area contributed by atoms with Crippen LogP contribution >= 0.6 is 15.9 Å². The summed E-state index contributed by atoms with van der Waals surface area (Å²) in [5.74, 6) is 0. The van der Waals surface area contributed by atoms with Gasteiger partial charge in [-0.25, -0.2) is 13.1 Å². The van der Waals surface area contributed by atoms with Crippen molar-refractivity contribution in [1.29, 1.82) is 0 Å². The van der Waals surface area contributed by atoms with Crippen molar-refractivity contribution in [2.75, 3.05) is 6.54 Å². The summed E-state index contributed by atoms with van der Waals surface area (Å²) in [5.41, 5.74) is 0. The van der Waals surface area contributed by atoms with E-state index in [1.807, 2.05) is 0 Å². The van der Waals surface area contributed by atoms with Crippen molar-refractivity contribution in [3.05, 3.63) is 28.7 Å². The summed E-state index contributed by atoms with van der Waals surface area (Å²) in [6.07, 6.45) is -0.131. The fraction of sp³-hybridized carbons (Fsp3) is 0.400. The molecule has 0 aromatic heterocycles. The number of sulfonamides is 1. The van der Waals surface area contributed by atoms with Crippen LogP contribution in [0.4, 0.5) is 0 Å². The van der Waals surface area contributed by atoms with Gasteiger partial charge in [-0.05, 0) is 30.7 Å². The molecule has 0 saturated carbocycles. The first-order chi connectivity index (χ1) is 7.45. The van der Waals surface area contributed by atoms with Gasteiger partial charge in [0.1, 0.15) is 0 Å². The summed E-state index contributed by atoms with van der Waals surface area (Å²) in [6, 6.07) is 6.32. The molecule has 1 aromatic rings. The minimum atomic E-state index is -3.51. The van der Waals surface area contributed by atoms with Crippen LogP contribution in [0.25, 0.3) is 0 Å². The van der Waals surface area contributed by atoms with Crippen LogP contribution in [0.2, 0.25) is 0 Å². The lowest BCUT2D eigenvalue weighted by Gasteiger charge is -2.10. The van der Waals surface area contributed by atoms with E-state index in [1.54, 1.807) is 19.1 Å². The summed E-state index contributed by atoms with van der Waals surface area (Å²) in [5, 5.41) is 9.28. The molecule has 2 N–H and O–H groups in total. The summed E-state index contributed by atoms with van der Waals surface area (Å²) < 4.78 is 26.6. The molecule has 0 radical (unpaired) electrons. The van der Waals surface area contributed by atoms with Crippen LogP contribution in [-0.4, -0.2) is 26.2 Å². The maximum atomic E-state index is 11.7. The van der Waals surface area contributed by atoms with E-state index in [-0.39, 0.29) is 11.4 Å². The molecule has 1 aromatic carbocycles. The molecule has 0 heterocycles. The number of aliphatic hydroxyl groups is 1. The van der Waals surface area contributed by atoms with Gasteiger partial charge in [0, 0.05) is 11.0 Å². The van der Waals surface area contributed by atoms with E-state index in [9.17, 15) is 13.5 Å². The van der Waals surface area contributed by atoms with Crippen LogP contribution in [0.15, 0.2) is 33.6 Å². The van der Waals surface area contributed by atoms with Crippen molar-refractivity contribution < 1.29 is 13.5 Å². The minimum Gasteiger partial charge on any atom is -0.392 e. The molecular formula is C10H14BrNO3S. The van der Waals surface area contributed by atoms with Crippen LogP contribution in [0.1, 0.15) is 13.3 Å². The highest BCUT2D eigenvalue weighted by Crippen LogP contribution is 2.14. The zero-order valence-corrected chi connectivity index (χ0v) is 11.3. The van der Waals surface area contributed by atoms with E-state index >= 15 is 0 Å². The molecule has 0 aliphatic carbocycles. The molecule has 0 aliphatic heterocycles. The molecule has 0 saturated heterocycles. The van der Waals surface area contributed by atoms with E-state index in [2.05, 4.69) is 20.7 Å². The summed E-state index contributed by atoms with van der Waals surface area (Å²) in [6.45, 7) is 1.83. The molecule has 0 spiro atoms. The van der Waals surface area contributed by atoms with Gasteiger partial charge in [0.2, 0.25) is 10.0 Å². The topological polar surface area (TPSA) is 66.4 Å². The van der Waals surface area contributed by atoms with Crippen molar-refractivity contribution >= 4 is 26.0 Å². The Kier molecular flexibility index (Phi) is 4.91. The van der Waals surface area contributed by atoms with Crippen molar-refractivity contribution in [3.8, 4) is 0 Å². The molecule has 1 unspecified atom stereocenters. The second-order valence-electron chi connectivity index (χ2n) is 3.37. The van der Waals surface area contributed by atoms with Crippen molar-refractivity contribution in [2.24, 2.45) is 0 Å². The van der Waals surface area contributed by atoms with Gasteiger partial charge in [0.25, 0.3) is 0 Å². The monoisotopic (exact) mass is 307 g/mol. The highest BCUT2D eigenvalue weighted by molar-refractivity contribution is 9.10. The molecule has 0 amide bonds. The molecule has 0 fully saturated rings. The quantitative estimate of drug-likeness (QED) is 0.866. The summed E-state index contributed by atoms with van der Waals surface area (Å²) >= 11 is 3.23. The van der Waals surface area contributed by atoms with Gasteiger partial charge in [-0.15, -0.1) is 0 Å². The Morgan fingerprint density at radius 2 is 1.94 bits per heavy atom. The third-order valence-corrected chi connectivity index (χ3v) is 4.07. The predicted molar refractivity (Wildman–Crippen MR) is 65.6 cm³/mol. The van der Waals surface area contributed by atoms with Crippen LogP contribution in [0, 0.1) is 0 Å². The molecule has 16 heavy (non-hydrogen) atoms. The van der Waals surface area contributed by atoms with Gasteiger partial charge >= 0.3 is 0 Å². The Hall–Kier alpha value is -0.430. The molecule has 0 aliphatic rings. The van der Waals surface area contributed by atoms with Gasteiger partial charge in [-0.3, -0.25) is 0 Å². The van der Waals surface area contributed by atoms with E-state index in [0.29, 0.717) is 6.42 Å². The van der Waals surface area contributed by atoms with E-state index in [0.717, 1.165) is 4.47 Å². The Bertz CT molecular complexity index is 430. The fourth-order valence-electron chi connectivity index (χ4n) is 1.05. The Morgan fingerprint density at radius 3 is 2.44 bits per heavy atom. The minimum absolute atomic E-state index is 0.0366. The average Bonchev–Trinajstić information content (AvgIpc) is 2.26. The molecule has 1 atom stereocenters. The van der Waals surface area contributed by atoms with Crippen LogP contribution < -0.4 is 4.72 Å². The van der Waals surface area contributed by atoms with E-state index in [4.69, 9.17) is 0 Å². The number of rotatable bonds is 5. The third-order valence-electron chi connectivity index (χ3n) is 2.10. The second-order valence-corrected chi connectivity index (χ2v) is 6.05. The van der Waals surface area contributed by atoms with Gasteiger partial charge in [0.15, 0.2) is 0 Å². The van der Waals surface area contributed by atoms with E-state index < -0.39 is 16.1 Å². The van der Waals surface area contributed by atoms with Crippen molar-refractivity contribution in [3.63, 3.8) is 0 Å². The molecule has 1 rings (SSSR count). The first-order valence-corrected chi connectivity index (χ1v) is 7.16. The first kappa shape index (κ1) is 13.6. The molecule has 90 valence electrons. The lowest BCUT2D eigenvalue weighted by atomic mass is 10.3. The standard InChI is InChI=1S/C10H14BrNO3S/c1-2-9(13)7-12-16(14,15)10-5-3-8(11)4-6-10/h3-6,9,12-13H,2,7H2,1H3. The summed E-state index contributed by atoms with van der Waals surface area (Å²) in [7, 11) is -3.51. The highest BCUT2D eigenvalue weighted by atomic mass is 79.9. The Labute approximate surface area is 104 Å². The fourth-order valence-corrected chi connectivity index (χ4v) is 2.38. The largest absolute Gasteiger partial charge is 0.392 e. The van der Waals surface area contributed by atoms with E-state index in [1.165, 1.54) is 12.1 Å². The second kappa shape index (κ2) is 5.77. The number of aliphatic hydroxyl groups excluding tert-OH is 1. The highest BCUT2D eigenvalue weighted by Gasteiger charge is 2.14. The van der Waals surface area contributed by atoms with Crippen molar-refractivity contribution in [1.82, 2.24) is 4.72 Å². The number of benzene rings is 1. The number of halogens is 1. The maximum Gasteiger partial charge on any atom is 0.240 e.